The van der Waals surface area contributed by atoms with Crippen molar-refractivity contribution in [2.75, 3.05) is 31.6 Å². The Morgan fingerprint density at radius 2 is 1.41 bits per heavy atom. The van der Waals surface area contributed by atoms with Crippen molar-refractivity contribution >= 4 is 17.9 Å². The number of piperazine rings is 1. The molecule has 2 amide bonds. The average Bonchev–Trinajstić information content (AvgIpc) is 2.76. The van der Waals surface area contributed by atoms with Crippen LogP contribution in [0.2, 0.25) is 0 Å². The van der Waals surface area contributed by atoms with Crippen molar-refractivity contribution in [3.8, 4) is 0 Å². The molecule has 1 aromatic rings. The van der Waals surface area contributed by atoms with Crippen LogP contribution in [0.25, 0.3) is 0 Å². The van der Waals surface area contributed by atoms with Crippen molar-refractivity contribution in [3.05, 3.63) is 29.8 Å². The molecule has 0 unspecified atom stereocenters. The van der Waals surface area contributed by atoms with Gasteiger partial charge in [-0.25, -0.2) is 9.59 Å². The molecule has 0 N–H and O–H groups in total. The monoisotopic (exact) mass is 473 g/mol. The Morgan fingerprint density at radius 3 is 1.97 bits per heavy atom. The summed E-state index contributed by atoms with van der Waals surface area (Å²) >= 11 is 0. The van der Waals surface area contributed by atoms with E-state index in [9.17, 15) is 9.59 Å². The molecule has 2 aliphatic rings. The van der Waals surface area contributed by atoms with Gasteiger partial charge in [0.25, 0.3) is 0 Å². The zero-order valence-corrected chi connectivity index (χ0v) is 22.1. The first kappa shape index (κ1) is 26.2. The quantitative estimate of drug-likeness (QED) is 0.540. The standard InChI is InChI=1S/C27H43N3O4/c1-26(2,3)33-24(31)29-17-18-30(25(32)34-27(4,5)6)23(19-29)20-13-15-22(16-14-20)28(7)21-11-9-8-10-12-21/h13-16,21,23H,8-12,17-19H2,1-7H3/t23-/m1/s1. The first-order valence-corrected chi connectivity index (χ1v) is 12.6. The maximum atomic E-state index is 13.0. The molecule has 2 fully saturated rings. The fraction of sp³-hybridized carbons (Fsp3) is 0.704. The van der Waals surface area contributed by atoms with Crippen LogP contribution < -0.4 is 4.90 Å². The Morgan fingerprint density at radius 1 is 0.853 bits per heavy atom. The third-order valence-electron chi connectivity index (χ3n) is 6.47. The van der Waals surface area contributed by atoms with Gasteiger partial charge in [0.1, 0.15) is 11.2 Å². The van der Waals surface area contributed by atoms with Gasteiger partial charge in [0, 0.05) is 38.4 Å². The molecule has 1 saturated carbocycles. The molecule has 0 spiro atoms. The zero-order valence-electron chi connectivity index (χ0n) is 22.1. The number of carbonyl (C=O) groups is 2. The second-order valence-corrected chi connectivity index (χ2v) is 11.6. The summed E-state index contributed by atoms with van der Waals surface area (Å²) in [5, 5.41) is 0. The van der Waals surface area contributed by atoms with E-state index in [-0.39, 0.29) is 18.2 Å². The third-order valence-corrected chi connectivity index (χ3v) is 6.47. The molecule has 34 heavy (non-hydrogen) atoms. The van der Waals surface area contributed by atoms with Gasteiger partial charge in [-0.15, -0.1) is 0 Å². The van der Waals surface area contributed by atoms with Crippen LogP contribution >= 0.6 is 0 Å². The number of carbonyl (C=O) groups excluding carboxylic acids is 2. The Balaban J connectivity index is 1.80. The van der Waals surface area contributed by atoms with Crippen molar-refractivity contribution in [2.24, 2.45) is 0 Å². The van der Waals surface area contributed by atoms with Crippen LogP contribution in [0, 0.1) is 0 Å². The maximum Gasteiger partial charge on any atom is 0.410 e. The molecule has 7 nitrogen and oxygen atoms in total. The van der Waals surface area contributed by atoms with Gasteiger partial charge in [-0.2, -0.15) is 0 Å². The van der Waals surface area contributed by atoms with Crippen LogP contribution in [0.4, 0.5) is 15.3 Å². The first-order valence-electron chi connectivity index (χ1n) is 12.6. The highest BCUT2D eigenvalue weighted by atomic mass is 16.6. The summed E-state index contributed by atoms with van der Waals surface area (Å²) in [5.74, 6) is 0. The van der Waals surface area contributed by atoms with Gasteiger partial charge in [0.15, 0.2) is 0 Å². The molecule has 1 aromatic carbocycles. The van der Waals surface area contributed by atoms with Gasteiger partial charge >= 0.3 is 12.2 Å². The summed E-state index contributed by atoms with van der Waals surface area (Å²) in [4.78, 5) is 31.6. The number of amides is 2. The van der Waals surface area contributed by atoms with Gasteiger partial charge in [0.05, 0.1) is 6.04 Å². The minimum Gasteiger partial charge on any atom is -0.444 e. The van der Waals surface area contributed by atoms with Crippen molar-refractivity contribution < 1.29 is 19.1 Å². The van der Waals surface area contributed by atoms with Crippen LogP contribution in [-0.2, 0) is 9.47 Å². The molecule has 1 aliphatic heterocycles. The molecule has 1 heterocycles. The highest BCUT2D eigenvalue weighted by Crippen LogP contribution is 2.31. The molecule has 1 aliphatic carbocycles. The van der Waals surface area contributed by atoms with Crippen molar-refractivity contribution in [2.45, 2.75) is 96.9 Å². The van der Waals surface area contributed by atoms with Gasteiger partial charge in [-0.1, -0.05) is 31.4 Å². The number of rotatable bonds is 3. The molecule has 3 rings (SSSR count). The van der Waals surface area contributed by atoms with Crippen molar-refractivity contribution in [3.63, 3.8) is 0 Å². The minimum atomic E-state index is -0.587. The fourth-order valence-corrected chi connectivity index (χ4v) is 4.71. The molecule has 0 radical (unpaired) electrons. The van der Waals surface area contributed by atoms with Crippen LogP contribution in [-0.4, -0.2) is 65.9 Å². The van der Waals surface area contributed by atoms with E-state index in [1.807, 2.05) is 41.5 Å². The van der Waals surface area contributed by atoms with Gasteiger partial charge in [0.2, 0.25) is 0 Å². The van der Waals surface area contributed by atoms with Gasteiger partial charge < -0.3 is 19.3 Å². The van der Waals surface area contributed by atoms with E-state index >= 15 is 0 Å². The smallest absolute Gasteiger partial charge is 0.410 e. The lowest BCUT2D eigenvalue weighted by Gasteiger charge is -2.42. The van der Waals surface area contributed by atoms with Crippen LogP contribution in [0.15, 0.2) is 24.3 Å². The summed E-state index contributed by atoms with van der Waals surface area (Å²) < 4.78 is 11.3. The fourth-order valence-electron chi connectivity index (χ4n) is 4.71. The molecule has 0 aromatic heterocycles. The summed E-state index contributed by atoms with van der Waals surface area (Å²) in [6.45, 7) is 12.4. The summed E-state index contributed by atoms with van der Waals surface area (Å²) in [5.41, 5.74) is 1.01. The Hall–Kier alpha value is -2.44. The molecule has 1 saturated heterocycles. The lowest BCUT2D eigenvalue weighted by atomic mass is 9.94. The lowest BCUT2D eigenvalue weighted by Crippen LogP contribution is -2.54. The number of hydrogen-bond acceptors (Lipinski definition) is 5. The van der Waals surface area contributed by atoms with E-state index < -0.39 is 11.2 Å². The lowest BCUT2D eigenvalue weighted by molar-refractivity contribution is -0.0152. The Labute approximate surface area is 205 Å². The molecular weight excluding hydrogens is 430 g/mol. The van der Waals surface area contributed by atoms with Gasteiger partial charge in [-0.3, -0.25) is 4.90 Å². The van der Waals surface area contributed by atoms with E-state index in [0.717, 1.165) is 5.56 Å². The second kappa shape index (κ2) is 10.4. The van der Waals surface area contributed by atoms with E-state index in [2.05, 4.69) is 36.2 Å². The van der Waals surface area contributed by atoms with Crippen LogP contribution in [0.3, 0.4) is 0 Å². The number of ether oxygens (including phenoxy) is 2. The number of nitrogens with zero attached hydrogens (tertiary/aromatic N) is 3. The van der Waals surface area contributed by atoms with Crippen molar-refractivity contribution in [1.82, 2.24) is 9.80 Å². The van der Waals surface area contributed by atoms with Crippen molar-refractivity contribution in [1.29, 1.82) is 0 Å². The topological polar surface area (TPSA) is 62.3 Å². The largest absolute Gasteiger partial charge is 0.444 e. The first-order chi connectivity index (χ1) is 15.8. The van der Waals surface area contributed by atoms with Crippen LogP contribution in [0.5, 0.6) is 0 Å². The summed E-state index contributed by atoms with van der Waals surface area (Å²) in [7, 11) is 2.17. The highest BCUT2D eigenvalue weighted by molar-refractivity contribution is 5.71. The molecular formula is C27H43N3O4. The second-order valence-electron chi connectivity index (χ2n) is 11.6. The minimum absolute atomic E-state index is 0.301. The van der Waals surface area contributed by atoms with E-state index in [0.29, 0.717) is 25.7 Å². The molecule has 0 bridgehead atoms. The van der Waals surface area contributed by atoms with E-state index in [1.54, 1.807) is 9.80 Å². The zero-order chi connectivity index (χ0) is 25.1. The Kier molecular flexibility index (Phi) is 8.04. The predicted molar refractivity (Wildman–Crippen MR) is 135 cm³/mol. The summed E-state index contributed by atoms with van der Waals surface area (Å²) in [6, 6.07) is 8.69. The van der Waals surface area contributed by atoms with Crippen LogP contribution in [0.1, 0.15) is 85.3 Å². The molecule has 7 heteroatoms. The Bertz CT molecular complexity index is 835. The van der Waals surface area contributed by atoms with E-state index in [4.69, 9.17) is 9.47 Å². The predicted octanol–water partition coefficient (Wildman–Crippen LogP) is 5.98. The maximum absolute atomic E-state index is 13.0. The number of anilines is 1. The normalized spacial score (nSPS) is 20.1. The molecule has 1 atom stereocenters. The van der Waals surface area contributed by atoms with Gasteiger partial charge in [-0.05, 0) is 72.1 Å². The summed E-state index contributed by atoms with van der Waals surface area (Å²) in [6.07, 6.45) is 5.68. The highest BCUT2D eigenvalue weighted by Gasteiger charge is 2.37. The number of benzene rings is 1. The number of hydrogen-bond donors (Lipinski definition) is 0. The van der Waals surface area contributed by atoms with E-state index in [1.165, 1.54) is 37.8 Å². The third kappa shape index (κ3) is 7.03. The SMILES string of the molecule is CN(c1ccc([C@H]2CN(C(=O)OC(C)(C)C)CCN2C(=O)OC(C)(C)C)cc1)C1CCCCC1. The average molecular weight is 474 g/mol. The molecule has 190 valence electrons.